The highest BCUT2D eigenvalue weighted by atomic mass is 32.1. The van der Waals surface area contributed by atoms with Crippen LogP contribution in [0.3, 0.4) is 0 Å². The van der Waals surface area contributed by atoms with E-state index in [9.17, 15) is 0 Å². The number of aromatic nitrogens is 4. The van der Waals surface area contributed by atoms with Crippen molar-refractivity contribution in [3.05, 3.63) is 59.4 Å². The minimum absolute atomic E-state index is 0.338. The Bertz CT molecular complexity index is 1110. The van der Waals surface area contributed by atoms with Crippen molar-refractivity contribution in [3.8, 4) is 23.0 Å². The quantitative estimate of drug-likeness (QED) is 0.512. The molecule has 4 aromatic rings. The second-order valence-corrected chi connectivity index (χ2v) is 7.12. The molecule has 0 saturated heterocycles. The maximum atomic E-state index is 6.02. The van der Waals surface area contributed by atoms with E-state index in [2.05, 4.69) is 15.3 Å². The predicted molar refractivity (Wildman–Crippen MR) is 101 cm³/mol. The Morgan fingerprint density at radius 3 is 2.68 bits per heavy atom. The molecular formula is C19H16N4O4S. The Morgan fingerprint density at radius 1 is 1.07 bits per heavy atom. The number of ether oxygens (including phenoxy) is 4. The molecule has 3 heterocycles. The van der Waals surface area contributed by atoms with Gasteiger partial charge in [-0.2, -0.15) is 9.61 Å². The lowest BCUT2D eigenvalue weighted by molar-refractivity contribution is 0.0835. The number of hydrogen-bond acceptors (Lipinski definition) is 8. The molecular weight excluding hydrogens is 380 g/mol. The van der Waals surface area contributed by atoms with Crippen LogP contribution in [-0.2, 0) is 6.61 Å². The van der Waals surface area contributed by atoms with E-state index in [4.69, 9.17) is 18.9 Å². The van der Waals surface area contributed by atoms with E-state index in [1.165, 1.54) is 11.3 Å². The molecule has 0 bridgehead atoms. The molecule has 0 aliphatic carbocycles. The number of rotatable bonds is 5. The second kappa shape index (κ2) is 7.01. The highest BCUT2D eigenvalue weighted by Crippen LogP contribution is 2.35. The summed E-state index contributed by atoms with van der Waals surface area (Å²) in [6, 6.07) is 15.0. The SMILES string of the molecule is COc1ccc(OCc2nn3c([C@@H]4COc5ccccc5O4)nnc3s2)cc1. The van der Waals surface area contributed by atoms with Gasteiger partial charge in [-0.05, 0) is 36.4 Å². The zero-order valence-electron chi connectivity index (χ0n) is 14.9. The van der Waals surface area contributed by atoms with Crippen LogP contribution in [0.15, 0.2) is 48.5 Å². The summed E-state index contributed by atoms with van der Waals surface area (Å²) in [6.07, 6.45) is -0.373. The van der Waals surface area contributed by atoms with Crippen LogP contribution in [0.4, 0.5) is 0 Å². The van der Waals surface area contributed by atoms with Crippen LogP contribution in [0, 0.1) is 0 Å². The number of fused-ring (bicyclic) bond motifs is 2. The van der Waals surface area contributed by atoms with E-state index >= 15 is 0 Å². The van der Waals surface area contributed by atoms with Crippen molar-refractivity contribution in [2.45, 2.75) is 12.7 Å². The molecule has 0 N–H and O–H groups in total. The van der Waals surface area contributed by atoms with Crippen molar-refractivity contribution in [2.24, 2.45) is 0 Å². The Hall–Kier alpha value is -3.33. The van der Waals surface area contributed by atoms with Gasteiger partial charge in [0.15, 0.2) is 28.4 Å². The van der Waals surface area contributed by atoms with E-state index in [1.807, 2.05) is 48.5 Å². The van der Waals surface area contributed by atoms with Gasteiger partial charge in [0, 0.05) is 0 Å². The first-order valence-electron chi connectivity index (χ1n) is 8.66. The molecule has 142 valence electrons. The summed E-state index contributed by atoms with van der Waals surface area (Å²) in [5.41, 5.74) is 0. The van der Waals surface area contributed by atoms with Gasteiger partial charge in [-0.1, -0.05) is 23.5 Å². The van der Waals surface area contributed by atoms with Gasteiger partial charge in [0.25, 0.3) is 0 Å². The van der Waals surface area contributed by atoms with Gasteiger partial charge < -0.3 is 18.9 Å². The minimum atomic E-state index is -0.373. The Labute approximate surface area is 164 Å². The number of para-hydroxylation sites is 2. The lowest BCUT2D eigenvalue weighted by Crippen LogP contribution is -2.23. The second-order valence-electron chi connectivity index (χ2n) is 6.08. The van der Waals surface area contributed by atoms with Crippen molar-refractivity contribution < 1.29 is 18.9 Å². The largest absolute Gasteiger partial charge is 0.497 e. The summed E-state index contributed by atoms with van der Waals surface area (Å²) < 4.78 is 24.4. The molecule has 0 amide bonds. The van der Waals surface area contributed by atoms with Gasteiger partial charge >= 0.3 is 0 Å². The Kier molecular flexibility index (Phi) is 4.21. The lowest BCUT2D eigenvalue weighted by Gasteiger charge is -2.24. The van der Waals surface area contributed by atoms with Gasteiger partial charge in [-0.3, -0.25) is 0 Å². The van der Waals surface area contributed by atoms with Gasteiger partial charge in [-0.15, -0.1) is 10.2 Å². The van der Waals surface area contributed by atoms with Gasteiger partial charge in [-0.25, -0.2) is 0 Å². The molecule has 0 saturated carbocycles. The van der Waals surface area contributed by atoms with Crippen LogP contribution in [0.25, 0.3) is 4.96 Å². The zero-order valence-corrected chi connectivity index (χ0v) is 15.8. The Morgan fingerprint density at radius 2 is 1.86 bits per heavy atom. The van der Waals surface area contributed by atoms with Crippen LogP contribution in [-0.4, -0.2) is 33.5 Å². The first-order valence-corrected chi connectivity index (χ1v) is 9.48. The fourth-order valence-electron chi connectivity index (χ4n) is 2.89. The van der Waals surface area contributed by atoms with Crippen molar-refractivity contribution in [1.29, 1.82) is 0 Å². The van der Waals surface area contributed by atoms with Gasteiger partial charge in [0.1, 0.15) is 24.7 Å². The van der Waals surface area contributed by atoms with Crippen LogP contribution in [0.5, 0.6) is 23.0 Å². The van der Waals surface area contributed by atoms with Crippen molar-refractivity contribution in [2.75, 3.05) is 13.7 Å². The first-order chi connectivity index (χ1) is 13.8. The maximum absolute atomic E-state index is 6.02. The normalized spacial score (nSPS) is 15.5. The van der Waals surface area contributed by atoms with E-state index in [0.717, 1.165) is 22.3 Å². The average molecular weight is 396 g/mol. The van der Waals surface area contributed by atoms with E-state index < -0.39 is 0 Å². The molecule has 0 fully saturated rings. The van der Waals surface area contributed by atoms with Crippen LogP contribution < -0.4 is 18.9 Å². The molecule has 28 heavy (non-hydrogen) atoms. The molecule has 2 aromatic carbocycles. The standard InChI is InChI=1S/C19H16N4O4S/c1-24-12-6-8-13(9-7-12)25-11-17-22-23-18(20-21-19(23)28-17)16-10-26-14-4-2-3-5-15(14)27-16/h2-9,16H,10-11H2,1H3/t16-/m0/s1. The smallest absolute Gasteiger partial charge is 0.234 e. The third kappa shape index (κ3) is 3.09. The summed E-state index contributed by atoms with van der Waals surface area (Å²) in [5, 5.41) is 13.8. The molecule has 1 aliphatic heterocycles. The fourth-order valence-corrected chi connectivity index (χ4v) is 3.65. The van der Waals surface area contributed by atoms with Gasteiger partial charge in [0.2, 0.25) is 4.96 Å². The van der Waals surface area contributed by atoms with E-state index in [-0.39, 0.29) is 6.10 Å². The summed E-state index contributed by atoms with van der Waals surface area (Å²) in [7, 11) is 1.63. The van der Waals surface area contributed by atoms with E-state index in [1.54, 1.807) is 11.6 Å². The molecule has 0 unspecified atom stereocenters. The highest BCUT2D eigenvalue weighted by Gasteiger charge is 2.28. The summed E-state index contributed by atoms with van der Waals surface area (Å²) in [4.78, 5) is 0.686. The molecule has 1 aliphatic rings. The predicted octanol–water partition coefficient (Wildman–Crippen LogP) is 3.29. The van der Waals surface area contributed by atoms with Crippen molar-refractivity contribution in [1.82, 2.24) is 19.8 Å². The molecule has 5 rings (SSSR count). The van der Waals surface area contributed by atoms with Crippen molar-refractivity contribution in [3.63, 3.8) is 0 Å². The molecule has 0 radical (unpaired) electrons. The van der Waals surface area contributed by atoms with Crippen molar-refractivity contribution >= 4 is 16.3 Å². The fraction of sp³-hybridized carbons (Fsp3) is 0.211. The van der Waals surface area contributed by atoms with Gasteiger partial charge in [0.05, 0.1) is 7.11 Å². The topological polar surface area (TPSA) is 80.0 Å². The maximum Gasteiger partial charge on any atom is 0.234 e. The van der Waals surface area contributed by atoms with Crippen LogP contribution in [0.1, 0.15) is 16.9 Å². The number of hydrogen-bond donors (Lipinski definition) is 0. The number of methoxy groups -OCH3 is 1. The zero-order chi connectivity index (χ0) is 18.9. The molecule has 9 heteroatoms. The minimum Gasteiger partial charge on any atom is -0.497 e. The first kappa shape index (κ1) is 16.8. The third-order valence-electron chi connectivity index (χ3n) is 4.28. The molecule has 1 atom stereocenters. The lowest BCUT2D eigenvalue weighted by atomic mass is 10.2. The average Bonchev–Trinajstić information content (AvgIpc) is 3.32. The summed E-state index contributed by atoms with van der Waals surface area (Å²) in [6.45, 7) is 0.692. The monoisotopic (exact) mass is 396 g/mol. The number of nitrogens with zero attached hydrogens (tertiary/aromatic N) is 4. The molecule has 2 aromatic heterocycles. The molecule has 8 nitrogen and oxygen atoms in total. The molecule has 0 spiro atoms. The van der Waals surface area contributed by atoms with Crippen LogP contribution >= 0.6 is 11.3 Å². The van der Waals surface area contributed by atoms with E-state index in [0.29, 0.717) is 29.7 Å². The Balaban J connectivity index is 1.33. The highest BCUT2D eigenvalue weighted by molar-refractivity contribution is 7.16. The summed E-state index contributed by atoms with van der Waals surface area (Å²) >= 11 is 1.43. The van der Waals surface area contributed by atoms with Crippen LogP contribution in [0.2, 0.25) is 0 Å². The third-order valence-corrected chi connectivity index (χ3v) is 5.15. The number of benzene rings is 2. The summed E-state index contributed by atoms with van der Waals surface area (Å²) in [5.74, 6) is 3.55.